The van der Waals surface area contributed by atoms with Crippen LogP contribution in [-0.2, 0) is 4.79 Å². The summed E-state index contributed by atoms with van der Waals surface area (Å²) in [6.45, 7) is 7.48. The first-order valence-corrected chi connectivity index (χ1v) is 5.51. The summed E-state index contributed by atoms with van der Waals surface area (Å²) in [4.78, 5) is 15.8. The Balaban J connectivity index is 4.68. The number of allylic oxidation sites excluding steroid dienone is 2. The molecule has 0 saturated heterocycles. The lowest BCUT2D eigenvalue weighted by Gasteiger charge is -2.17. The molecule has 1 N–H and O–H groups in total. The summed E-state index contributed by atoms with van der Waals surface area (Å²) < 4.78 is 0. The molecule has 1 atom stereocenters. The second-order valence-electron chi connectivity index (χ2n) is 3.97. The first kappa shape index (κ1) is 14.8. The minimum atomic E-state index is -0.149. The van der Waals surface area contributed by atoms with Crippen LogP contribution in [0.2, 0.25) is 0 Å². The second kappa shape index (κ2) is 7.99. The topological polar surface area (TPSA) is 41.5 Å². The van der Waals surface area contributed by atoms with Gasteiger partial charge in [-0.3, -0.25) is 9.79 Å². The molecule has 0 spiro atoms. The van der Waals surface area contributed by atoms with Crippen molar-refractivity contribution in [3.8, 4) is 0 Å². The molecule has 1 unspecified atom stereocenters. The van der Waals surface area contributed by atoms with E-state index in [1.807, 2.05) is 19.9 Å². The predicted molar refractivity (Wildman–Crippen MR) is 70.0 cm³/mol. The minimum absolute atomic E-state index is 0.0426. The molecule has 0 bridgehead atoms. The number of carbonyl (C=O) groups is 1. The van der Waals surface area contributed by atoms with Gasteiger partial charge in [-0.25, -0.2) is 0 Å². The first-order chi connectivity index (χ1) is 7.56. The minimum Gasteiger partial charge on any atom is -0.310 e. The normalized spacial score (nSPS) is 14.4. The maximum Gasteiger partial charge on any atom is 0.152 e. The predicted octanol–water partition coefficient (Wildman–Crippen LogP) is 2.00. The van der Waals surface area contributed by atoms with Crippen molar-refractivity contribution in [2.75, 3.05) is 14.1 Å². The Bertz CT molecular complexity index is 290. The number of nitrogens with zero attached hydrogens (tertiary/aromatic N) is 1. The number of rotatable bonds is 7. The summed E-state index contributed by atoms with van der Waals surface area (Å²) in [5.41, 5.74) is 1.01. The highest BCUT2D eigenvalue weighted by atomic mass is 16.1. The molecule has 0 aliphatic carbocycles. The molecule has 0 aliphatic heterocycles. The van der Waals surface area contributed by atoms with Gasteiger partial charge in [0.05, 0.1) is 6.04 Å². The third kappa shape index (κ3) is 5.03. The van der Waals surface area contributed by atoms with Gasteiger partial charge in [-0.15, -0.1) is 0 Å². The molecule has 0 aliphatic rings. The Kier molecular flexibility index (Phi) is 7.38. The summed E-state index contributed by atoms with van der Waals surface area (Å²) in [5, 5.41) is 3.04. The number of hydrogen-bond donors (Lipinski definition) is 1. The molecule has 0 aromatic heterocycles. The summed E-state index contributed by atoms with van der Waals surface area (Å²) in [6, 6.07) is -0.149. The number of nitrogens with one attached hydrogen (secondary N) is 1. The Morgan fingerprint density at radius 3 is 2.50 bits per heavy atom. The summed E-state index contributed by atoms with van der Waals surface area (Å²) in [6.07, 6.45) is 6.00. The van der Waals surface area contributed by atoms with Gasteiger partial charge in [-0.05, 0) is 19.0 Å². The summed E-state index contributed by atoms with van der Waals surface area (Å²) in [5.74, 6) is 0.267. The fourth-order valence-corrected chi connectivity index (χ4v) is 1.46. The Hall–Kier alpha value is -1.22. The SMILES string of the molecule is C=C/C=C(\C=NC)CC(NC)C(=O)C(C)C. The van der Waals surface area contributed by atoms with E-state index < -0.39 is 0 Å². The lowest BCUT2D eigenvalue weighted by atomic mass is 9.96. The van der Waals surface area contributed by atoms with Crippen LogP contribution in [0.3, 0.4) is 0 Å². The van der Waals surface area contributed by atoms with E-state index in [2.05, 4.69) is 16.9 Å². The van der Waals surface area contributed by atoms with Gasteiger partial charge < -0.3 is 5.32 Å². The third-order valence-electron chi connectivity index (χ3n) is 2.33. The number of likely N-dealkylation sites (N-methyl/N-ethyl adjacent to an activating group) is 1. The fourth-order valence-electron chi connectivity index (χ4n) is 1.46. The molecular weight excluding hydrogens is 200 g/mol. The van der Waals surface area contributed by atoms with Crippen molar-refractivity contribution in [1.82, 2.24) is 5.32 Å². The molecule has 0 fully saturated rings. The lowest BCUT2D eigenvalue weighted by Crippen LogP contribution is -2.37. The molecule has 90 valence electrons. The molecule has 0 aromatic rings. The Morgan fingerprint density at radius 1 is 1.50 bits per heavy atom. The van der Waals surface area contributed by atoms with Gasteiger partial charge in [0.15, 0.2) is 5.78 Å². The number of ketones is 1. The van der Waals surface area contributed by atoms with Crippen LogP contribution in [0.1, 0.15) is 20.3 Å². The smallest absolute Gasteiger partial charge is 0.152 e. The van der Waals surface area contributed by atoms with Crippen molar-refractivity contribution >= 4 is 12.0 Å². The summed E-state index contributed by atoms with van der Waals surface area (Å²) in [7, 11) is 3.52. The molecule has 0 heterocycles. The van der Waals surface area contributed by atoms with Gasteiger partial charge in [0.2, 0.25) is 0 Å². The van der Waals surface area contributed by atoms with Gasteiger partial charge in [0.25, 0.3) is 0 Å². The van der Waals surface area contributed by atoms with E-state index in [1.165, 1.54) is 0 Å². The lowest BCUT2D eigenvalue weighted by molar-refractivity contribution is -0.123. The standard InChI is InChI=1S/C13H22N2O/c1-6-7-11(9-14-4)8-12(15-5)13(16)10(2)3/h6-7,9-10,12,15H,1,8H2,2-5H3/b11-7-,14-9?. The first-order valence-electron chi connectivity index (χ1n) is 5.51. The second-order valence-corrected chi connectivity index (χ2v) is 3.97. The molecule has 0 aromatic carbocycles. The zero-order valence-corrected chi connectivity index (χ0v) is 10.7. The van der Waals surface area contributed by atoms with Crippen LogP contribution < -0.4 is 5.32 Å². The molecule has 0 radical (unpaired) electrons. The maximum absolute atomic E-state index is 11.9. The van der Waals surface area contributed by atoms with Crippen LogP contribution in [0.25, 0.3) is 0 Å². The molecule has 0 rings (SSSR count). The van der Waals surface area contributed by atoms with Crippen molar-refractivity contribution < 1.29 is 4.79 Å². The van der Waals surface area contributed by atoms with Crippen molar-refractivity contribution in [2.24, 2.45) is 10.9 Å². The maximum atomic E-state index is 11.9. The third-order valence-corrected chi connectivity index (χ3v) is 2.33. The largest absolute Gasteiger partial charge is 0.310 e. The van der Waals surface area contributed by atoms with E-state index in [1.54, 1.807) is 26.4 Å². The van der Waals surface area contributed by atoms with Crippen LogP contribution in [0.4, 0.5) is 0 Å². The van der Waals surface area contributed by atoms with Gasteiger partial charge in [-0.2, -0.15) is 0 Å². The molecule has 3 nitrogen and oxygen atoms in total. The highest BCUT2D eigenvalue weighted by Gasteiger charge is 2.19. The van der Waals surface area contributed by atoms with E-state index >= 15 is 0 Å². The van der Waals surface area contributed by atoms with E-state index in [-0.39, 0.29) is 17.7 Å². The van der Waals surface area contributed by atoms with Gasteiger partial charge in [0, 0.05) is 19.2 Å². The van der Waals surface area contributed by atoms with Crippen molar-refractivity contribution in [2.45, 2.75) is 26.3 Å². The molecular formula is C13H22N2O. The number of hydrogen-bond acceptors (Lipinski definition) is 3. The quantitative estimate of drug-likeness (QED) is 0.529. The molecule has 0 saturated carbocycles. The van der Waals surface area contributed by atoms with Crippen molar-refractivity contribution in [1.29, 1.82) is 0 Å². The van der Waals surface area contributed by atoms with Crippen LogP contribution in [-0.4, -0.2) is 32.1 Å². The van der Waals surface area contributed by atoms with Crippen LogP contribution in [0.5, 0.6) is 0 Å². The van der Waals surface area contributed by atoms with E-state index in [0.29, 0.717) is 6.42 Å². The molecule has 3 heteroatoms. The zero-order chi connectivity index (χ0) is 12.6. The van der Waals surface area contributed by atoms with Crippen LogP contribution in [0.15, 0.2) is 29.3 Å². The number of aliphatic imine (C=N–C) groups is 1. The Morgan fingerprint density at radius 2 is 2.12 bits per heavy atom. The zero-order valence-electron chi connectivity index (χ0n) is 10.7. The number of carbonyl (C=O) groups excluding carboxylic acids is 1. The van der Waals surface area contributed by atoms with Crippen LogP contribution in [0, 0.1) is 5.92 Å². The molecule has 0 amide bonds. The summed E-state index contributed by atoms with van der Waals surface area (Å²) >= 11 is 0. The fraction of sp³-hybridized carbons (Fsp3) is 0.538. The van der Waals surface area contributed by atoms with Crippen molar-refractivity contribution in [3.63, 3.8) is 0 Å². The van der Waals surface area contributed by atoms with E-state index in [9.17, 15) is 4.79 Å². The van der Waals surface area contributed by atoms with Crippen molar-refractivity contribution in [3.05, 3.63) is 24.3 Å². The van der Waals surface area contributed by atoms with Gasteiger partial charge >= 0.3 is 0 Å². The highest BCUT2D eigenvalue weighted by Crippen LogP contribution is 2.09. The monoisotopic (exact) mass is 222 g/mol. The van der Waals surface area contributed by atoms with Crippen LogP contribution >= 0.6 is 0 Å². The number of Topliss-reactive ketones (excluding diaryl/α,β-unsaturated/α-hetero) is 1. The van der Waals surface area contributed by atoms with Gasteiger partial charge in [0.1, 0.15) is 0 Å². The highest BCUT2D eigenvalue weighted by molar-refractivity contribution is 5.88. The average Bonchev–Trinajstić information content (AvgIpc) is 2.25. The van der Waals surface area contributed by atoms with E-state index in [0.717, 1.165) is 5.57 Å². The average molecular weight is 222 g/mol. The Labute approximate surface area is 98.3 Å². The van der Waals surface area contributed by atoms with E-state index in [4.69, 9.17) is 0 Å². The molecule has 16 heavy (non-hydrogen) atoms. The van der Waals surface area contributed by atoms with Gasteiger partial charge in [-0.1, -0.05) is 32.6 Å².